The van der Waals surface area contributed by atoms with Crippen LogP contribution in [-0.4, -0.2) is 28.6 Å². The molecule has 2 nitrogen and oxygen atoms in total. The van der Waals surface area contributed by atoms with Crippen molar-refractivity contribution in [2.45, 2.75) is 33.1 Å². The Morgan fingerprint density at radius 2 is 1.26 bits per heavy atom. The molecule has 0 spiro atoms. The van der Waals surface area contributed by atoms with Crippen LogP contribution in [0.1, 0.15) is 25.0 Å². The molecule has 0 fully saturated rings. The summed E-state index contributed by atoms with van der Waals surface area (Å²) < 4.78 is 1.18. The molecule has 0 N–H and O–H groups in total. The number of nitrogens with zero attached hydrogens (tertiary/aromatic N) is 2. The minimum Gasteiger partial charge on any atom is -0.378 e. The third-order valence-corrected chi connectivity index (χ3v) is 12.0. The van der Waals surface area contributed by atoms with Crippen molar-refractivity contribution in [1.29, 1.82) is 0 Å². The minimum absolute atomic E-state index is 0.0682. The van der Waals surface area contributed by atoms with Gasteiger partial charge < -0.3 is 4.90 Å². The van der Waals surface area contributed by atoms with Crippen LogP contribution in [0.4, 0.5) is 5.69 Å². The fraction of sp³-hybridized carbons (Fsp3) is 0.207. The standard InChI is InChI=1S/C29H24N2S3/c1-28-23(19-9-5-7-11-21(19)33-28)25-26(24-20-10-6-8-12-22(20)34-29(24,28)2)32-27(30-25)17-13-15-18(16-14-17)31(3)4/h5-16H,1-4H3/t28-,29-/m1/s1. The lowest BCUT2D eigenvalue weighted by molar-refractivity contribution is 0.686. The number of hydrogen-bond acceptors (Lipinski definition) is 5. The van der Waals surface area contributed by atoms with E-state index in [1.807, 2.05) is 34.9 Å². The molecule has 7 rings (SSSR count). The number of rotatable bonds is 2. The first kappa shape index (κ1) is 20.9. The smallest absolute Gasteiger partial charge is 0.124 e. The molecule has 0 saturated heterocycles. The second-order valence-corrected chi connectivity index (χ2v) is 13.6. The molecule has 1 aromatic heterocycles. The molecule has 0 bridgehead atoms. The molecule has 0 saturated carbocycles. The van der Waals surface area contributed by atoms with Gasteiger partial charge in [0, 0.05) is 40.7 Å². The summed E-state index contributed by atoms with van der Waals surface area (Å²) in [5.41, 5.74) is 7.99. The molecule has 0 amide bonds. The number of thioether (sulfide) groups is 2. The average molecular weight is 497 g/mol. The molecule has 0 radical (unpaired) electrons. The van der Waals surface area contributed by atoms with Gasteiger partial charge in [-0.3, -0.25) is 0 Å². The highest BCUT2D eigenvalue weighted by molar-refractivity contribution is 8.06. The van der Waals surface area contributed by atoms with Gasteiger partial charge in [-0.2, -0.15) is 0 Å². The van der Waals surface area contributed by atoms with E-state index in [4.69, 9.17) is 4.98 Å². The molecule has 1 aliphatic carbocycles. The van der Waals surface area contributed by atoms with Crippen LogP contribution in [0.15, 0.2) is 82.6 Å². The van der Waals surface area contributed by atoms with Crippen molar-refractivity contribution < 1.29 is 0 Å². The molecule has 0 unspecified atom stereocenters. The molecule has 2 atom stereocenters. The Labute approximate surface area is 212 Å². The number of aromatic nitrogens is 1. The van der Waals surface area contributed by atoms with E-state index in [1.165, 1.54) is 53.2 Å². The van der Waals surface area contributed by atoms with Gasteiger partial charge in [0.05, 0.1) is 19.4 Å². The molecule has 4 aromatic rings. The van der Waals surface area contributed by atoms with Crippen LogP contribution in [0.2, 0.25) is 0 Å². The van der Waals surface area contributed by atoms with Crippen LogP contribution >= 0.6 is 34.9 Å². The minimum atomic E-state index is -0.0944. The Kier molecular flexibility index (Phi) is 4.32. The van der Waals surface area contributed by atoms with Crippen molar-refractivity contribution in [2.24, 2.45) is 0 Å². The lowest BCUT2D eigenvalue weighted by Gasteiger charge is -2.43. The maximum Gasteiger partial charge on any atom is 0.124 e. The molecule has 5 heteroatoms. The summed E-state index contributed by atoms with van der Waals surface area (Å²) in [6.45, 7) is 4.90. The zero-order valence-electron chi connectivity index (χ0n) is 19.5. The van der Waals surface area contributed by atoms with E-state index in [1.54, 1.807) is 0 Å². The fourth-order valence-corrected chi connectivity index (χ4v) is 10.1. The fourth-order valence-electron chi connectivity index (χ4n) is 5.63. The van der Waals surface area contributed by atoms with Gasteiger partial charge in [0.1, 0.15) is 5.01 Å². The zero-order valence-corrected chi connectivity index (χ0v) is 22.0. The monoisotopic (exact) mass is 496 g/mol. The summed E-state index contributed by atoms with van der Waals surface area (Å²) in [5, 5.41) is 2.28. The van der Waals surface area contributed by atoms with E-state index in [9.17, 15) is 0 Å². The second kappa shape index (κ2) is 7.03. The van der Waals surface area contributed by atoms with Crippen molar-refractivity contribution in [3.05, 3.63) is 93.8 Å². The van der Waals surface area contributed by atoms with Gasteiger partial charge in [0.15, 0.2) is 0 Å². The van der Waals surface area contributed by atoms with Crippen molar-refractivity contribution in [3.8, 4) is 10.6 Å². The number of anilines is 1. The summed E-state index contributed by atoms with van der Waals surface area (Å²) >= 11 is 5.92. The lowest BCUT2D eigenvalue weighted by atomic mass is 9.75. The highest BCUT2D eigenvalue weighted by Crippen LogP contribution is 2.68. The van der Waals surface area contributed by atoms with Crippen LogP contribution in [0, 0.1) is 0 Å². The van der Waals surface area contributed by atoms with Crippen LogP contribution in [0.3, 0.4) is 0 Å². The number of hydrogen-bond donors (Lipinski definition) is 0. The van der Waals surface area contributed by atoms with Gasteiger partial charge in [0.2, 0.25) is 0 Å². The first-order chi connectivity index (χ1) is 16.4. The summed E-state index contributed by atoms with van der Waals surface area (Å²) in [6.07, 6.45) is 0. The Bertz CT molecular complexity index is 1520. The molecule has 3 heterocycles. The summed E-state index contributed by atoms with van der Waals surface area (Å²) in [6, 6.07) is 26.6. The second-order valence-electron chi connectivity index (χ2n) is 9.65. The van der Waals surface area contributed by atoms with Gasteiger partial charge in [-0.15, -0.1) is 34.9 Å². The number of fused-ring (bicyclic) bond motifs is 8. The molecule has 2 aliphatic heterocycles. The SMILES string of the molecule is CN(C)c1ccc(-c2nc3c(s2)=C2c4ccccc4S[C@@]2(C)[C@]2(C)Sc4ccccc4C=32)cc1. The first-order valence-electron chi connectivity index (χ1n) is 11.5. The topological polar surface area (TPSA) is 16.1 Å². The highest BCUT2D eigenvalue weighted by Gasteiger charge is 2.60. The van der Waals surface area contributed by atoms with E-state index >= 15 is 0 Å². The Morgan fingerprint density at radius 1 is 0.706 bits per heavy atom. The van der Waals surface area contributed by atoms with Crippen molar-refractivity contribution in [2.75, 3.05) is 19.0 Å². The van der Waals surface area contributed by atoms with Crippen molar-refractivity contribution in [3.63, 3.8) is 0 Å². The Morgan fingerprint density at radius 3 is 1.88 bits per heavy atom. The van der Waals surface area contributed by atoms with Crippen LogP contribution in [-0.2, 0) is 0 Å². The van der Waals surface area contributed by atoms with Crippen LogP contribution in [0.5, 0.6) is 0 Å². The zero-order chi connectivity index (χ0) is 23.2. The predicted octanol–water partition coefficient (Wildman–Crippen LogP) is 6.02. The van der Waals surface area contributed by atoms with E-state index in [0.29, 0.717) is 0 Å². The van der Waals surface area contributed by atoms with E-state index in [0.717, 1.165) is 5.01 Å². The van der Waals surface area contributed by atoms with Crippen LogP contribution < -0.4 is 14.8 Å². The Hall–Kier alpha value is -2.47. The number of thiazole rings is 1. The molecule has 168 valence electrons. The lowest BCUT2D eigenvalue weighted by Crippen LogP contribution is -2.53. The molecular weight excluding hydrogens is 473 g/mol. The van der Waals surface area contributed by atoms with Crippen molar-refractivity contribution in [1.82, 2.24) is 4.98 Å². The molecule has 3 aliphatic rings. The Balaban J connectivity index is 1.60. The van der Waals surface area contributed by atoms with Crippen LogP contribution in [0.25, 0.3) is 21.7 Å². The first-order valence-corrected chi connectivity index (χ1v) is 14.0. The van der Waals surface area contributed by atoms with Gasteiger partial charge in [-0.25, -0.2) is 4.98 Å². The largest absolute Gasteiger partial charge is 0.378 e. The van der Waals surface area contributed by atoms with E-state index in [-0.39, 0.29) is 9.49 Å². The normalized spacial score (nSPS) is 23.8. The van der Waals surface area contributed by atoms with Gasteiger partial charge in [-0.05, 0) is 66.9 Å². The van der Waals surface area contributed by atoms with Gasteiger partial charge in [0.25, 0.3) is 0 Å². The summed E-state index contributed by atoms with van der Waals surface area (Å²) in [5.74, 6) is 0. The third-order valence-electron chi connectivity index (χ3n) is 7.53. The quantitative estimate of drug-likeness (QED) is 0.337. The molecule has 3 aromatic carbocycles. The predicted molar refractivity (Wildman–Crippen MR) is 148 cm³/mol. The molecule has 34 heavy (non-hydrogen) atoms. The maximum absolute atomic E-state index is 5.37. The van der Waals surface area contributed by atoms with Gasteiger partial charge >= 0.3 is 0 Å². The summed E-state index contributed by atoms with van der Waals surface area (Å²) in [7, 11) is 4.16. The average Bonchev–Trinajstić information content (AvgIpc) is 3.48. The van der Waals surface area contributed by atoms with Gasteiger partial charge in [-0.1, -0.05) is 36.4 Å². The van der Waals surface area contributed by atoms with E-state index in [2.05, 4.69) is 106 Å². The maximum atomic E-state index is 5.37. The third kappa shape index (κ3) is 2.58. The van der Waals surface area contributed by atoms with E-state index < -0.39 is 0 Å². The molecular formula is C29H24N2S3. The van der Waals surface area contributed by atoms with Crippen molar-refractivity contribution >= 4 is 51.7 Å². The highest BCUT2D eigenvalue weighted by atomic mass is 32.2. The number of benzene rings is 3. The summed E-state index contributed by atoms with van der Waals surface area (Å²) in [4.78, 5) is 10.3.